The van der Waals surface area contributed by atoms with Crippen molar-refractivity contribution in [1.29, 1.82) is 0 Å². The van der Waals surface area contributed by atoms with E-state index >= 15 is 0 Å². The van der Waals surface area contributed by atoms with Crippen molar-refractivity contribution in [3.63, 3.8) is 0 Å². The molecule has 1 amide bonds. The molecule has 0 bridgehead atoms. The molecule has 4 heteroatoms. The van der Waals surface area contributed by atoms with Gasteiger partial charge in [-0.15, -0.1) is 0 Å². The molecule has 0 saturated heterocycles. The van der Waals surface area contributed by atoms with Crippen LogP contribution in [0.3, 0.4) is 0 Å². The molecule has 82 valence electrons. The van der Waals surface area contributed by atoms with Gasteiger partial charge in [0.25, 0.3) is 0 Å². The van der Waals surface area contributed by atoms with Gasteiger partial charge >= 0.3 is 0 Å². The van der Waals surface area contributed by atoms with Crippen LogP contribution < -0.4 is 11.1 Å². The Labute approximate surface area is 85.2 Å². The second-order valence-electron chi connectivity index (χ2n) is 3.36. The minimum absolute atomic E-state index is 0.0980. The predicted octanol–water partition coefficient (Wildman–Crippen LogP) is 0.599. The maximum Gasteiger partial charge on any atom is 0.237 e. The van der Waals surface area contributed by atoms with E-state index < -0.39 is 6.04 Å². The van der Waals surface area contributed by atoms with E-state index in [9.17, 15) is 9.59 Å². The van der Waals surface area contributed by atoms with E-state index in [2.05, 4.69) is 12.2 Å². The van der Waals surface area contributed by atoms with E-state index in [0.717, 1.165) is 12.8 Å². The monoisotopic (exact) mass is 200 g/mol. The van der Waals surface area contributed by atoms with Crippen molar-refractivity contribution >= 4 is 12.2 Å². The van der Waals surface area contributed by atoms with Crippen LogP contribution in [-0.2, 0) is 9.59 Å². The fourth-order valence-electron chi connectivity index (χ4n) is 1.11. The molecule has 0 aliphatic heterocycles. The summed E-state index contributed by atoms with van der Waals surface area (Å²) in [4.78, 5) is 21.2. The molecule has 0 radical (unpaired) electrons. The molecule has 0 fully saturated rings. The number of nitrogens with two attached hydrogens (primary N) is 1. The van der Waals surface area contributed by atoms with Crippen LogP contribution in [0.5, 0.6) is 0 Å². The van der Waals surface area contributed by atoms with Crippen molar-refractivity contribution in [3.05, 3.63) is 0 Å². The topological polar surface area (TPSA) is 72.2 Å². The van der Waals surface area contributed by atoms with E-state index in [1.165, 1.54) is 12.8 Å². The van der Waals surface area contributed by atoms with Gasteiger partial charge in [-0.05, 0) is 6.42 Å². The number of rotatable bonds is 8. The lowest BCUT2D eigenvalue weighted by Gasteiger charge is -2.08. The lowest BCUT2D eigenvalue weighted by atomic mass is 10.2. The van der Waals surface area contributed by atoms with Crippen molar-refractivity contribution in [2.24, 2.45) is 5.73 Å². The van der Waals surface area contributed by atoms with Gasteiger partial charge in [-0.3, -0.25) is 4.79 Å². The Balaban J connectivity index is 3.38. The van der Waals surface area contributed by atoms with Crippen molar-refractivity contribution < 1.29 is 9.59 Å². The van der Waals surface area contributed by atoms with Gasteiger partial charge in [0, 0.05) is 13.0 Å². The molecule has 0 aliphatic rings. The van der Waals surface area contributed by atoms with Crippen LogP contribution in [0.4, 0.5) is 0 Å². The van der Waals surface area contributed by atoms with E-state index in [0.29, 0.717) is 12.8 Å². The predicted molar refractivity (Wildman–Crippen MR) is 55.8 cm³/mol. The van der Waals surface area contributed by atoms with Crippen LogP contribution in [0, 0.1) is 0 Å². The highest BCUT2D eigenvalue weighted by Gasteiger charge is 2.10. The normalized spacial score (nSPS) is 12.1. The second kappa shape index (κ2) is 8.69. The van der Waals surface area contributed by atoms with Crippen LogP contribution in [0.25, 0.3) is 0 Å². The molecule has 0 aliphatic carbocycles. The molecular weight excluding hydrogens is 180 g/mol. The van der Waals surface area contributed by atoms with Crippen LogP contribution in [0.2, 0.25) is 0 Å². The average molecular weight is 200 g/mol. The van der Waals surface area contributed by atoms with Crippen molar-refractivity contribution in [1.82, 2.24) is 5.32 Å². The number of amides is 1. The number of unbranched alkanes of at least 4 members (excludes halogenated alkanes) is 3. The third-order valence-corrected chi connectivity index (χ3v) is 2.02. The van der Waals surface area contributed by atoms with Gasteiger partial charge in [0.05, 0.1) is 6.04 Å². The van der Waals surface area contributed by atoms with E-state index in [1.54, 1.807) is 0 Å². The fourth-order valence-corrected chi connectivity index (χ4v) is 1.11. The smallest absolute Gasteiger partial charge is 0.237 e. The standard InChI is InChI=1S/C10H20N2O2/c1-2-3-4-5-7-12-10(14)9(11)6-8-13/h8-9H,2-7,11H2,1H3,(H,12,14). The highest BCUT2D eigenvalue weighted by atomic mass is 16.2. The Hall–Kier alpha value is -0.900. The summed E-state index contributed by atoms with van der Waals surface area (Å²) in [5.74, 6) is -0.228. The maximum atomic E-state index is 11.2. The van der Waals surface area contributed by atoms with Crippen LogP contribution in [0.1, 0.15) is 39.0 Å². The maximum absolute atomic E-state index is 11.2. The third-order valence-electron chi connectivity index (χ3n) is 2.02. The summed E-state index contributed by atoms with van der Waals surface area (Å²) < 4.78 is 0. The number of carbonyl (C=O) groups excluding carboxylic acids is 2. The van der Waals surface area contributed by atoms with Crippen molar-refractivity contribution in [2.45, 2.75) is 45.1 Å². The van der Waals surface area contributed by atoms with Gasteiger partial charge in [-0.2, -0.15) is 0 Å². The summed E-state index contributed by atoms with van der Waals surface area (Å²) in [6.45, 7) is 2.80. The molecule has 4 nitrogen and oxygen atoms in total. The lowest BCUT2D eigenvalue weighted by molar-refractivity contribution is -0.123. The summed E-state index contributed by atoms with van der Waals surface area (Å²) in [5, 5.41) is 2.70. The molecule has 0 aromatic carbocycles. The summed E-state index contributed by atoms with van der Waals surface area (Å²) >= 11 is 0. The molecule has 0 rings (SSSR count). The quantitative estimate of drug-likeness (QED) is 0.445. The fraction of sp³-hybridized carbons (Fsp3) is 0.800. The van der Waals surface area contributed by atoms with Gasteiger partial charge in [0.2, 0.25) is 5.91 Å². The molecule has 0 spiro atoms. The zero-order chi connectivity index (χ0) is 10.8. The number of carbonyl (C=O) groups is 2. The average Bonchev–Trinajstić information content (AvgIpc) is 2.17. The Kier molecular flexibility index (Phi) is 8.13. The zero-order valence-electron chi connectivity index (χ0n) is 8.79. The van der Waals surface area contributed by atoms with E-state index in [-0.39, 0.29) is 12.3 Å². The summed E-state index contributed by atoms with van der Waals surface area (Å²) in [7, 11) is 0. The van der Waals surface area contributed by atoms with Crippen LogP contribution >= 0.6 is 0 Å². The molecular formula is C10H20N2O2. The number of nitrogens with one attached hydrogen (secondary N) is 1. The Morgan fingerprint density at radius 1 is 1.43 bits per heavy atom. The molecule has 0 heterocycles. The third kappa shape index (κ3) is 6.60. The molecule has 1 atom stereocenters. The number of hydrogen-bond donors (Lipinski definition) is 2. The van der Waals surface area contributed by atoms with Crippen molar-refractivity contribution in [3.8, 4) is 0 Å². The summed E-state index contributed by atoms with van der Waals surface area (Å²) in [6.07, 6.45) is 5.24. The van der Waals surface area contributed by atoms with Gasteiger partial charge in [-0.25, -0.2) is 0 Å². The first-order valence-corrected chi connectivity index (χ1v) is 5.19. The van der Waals surface area contributed by atoms with Crippen molar-refractivity contribution in [2.75, 3.05) is 6.54 Å². The van der Waals surface area contributed by atoms with Gasteiger partial charge < -0.3 is 15.8 Å². The first-order chi connectivity index (χ1) is 6.72. The second-order valence-corrected chi connectivity index (χ2v) is 3.36. The summed E-state index contributed by atoms with van der Waals surface area (Å²) in [5.41, 5.74) is 5.43. The summed E-state index contributed by atoms with van der Waals surface area (Å²) in [6, 6.07) is -0.682. The first kappa shape index (κ1) is 13.1. The number of aldehydes is 1. The molecule has 3 N–H and O–H groups in total. The molecule has 0 aromatic heterocycles. The molecule has 0 aromatic rings. The minimum Gasteiger partial charge on any atom is -0.355 e. The lowest BCUT2D eigenvalue weighted by Crippen LogP contribution is -2.41. The largest absolute Gasteiger partial charge is 0.355 e. The molecule has 1 unspecified atom stereocenters. The number of hydrogen-bond acceptors (Lipinski definition) is 3. The highest BCUT2D eigenvalue weighted by Crippen LogP contribution is 1.97. The highest BCUT2D eigenvalue weighted by molar-refractivity contribution is 5.83. The van der Waals surface area contributed by atoms with Gasteiger partial charge in [-0.1, -0.05) is 26.2 Å². The zero-order valence-corrected chi connectivity index (χ0v) is 8.79. The molecule has 14 heavy (non-hydrogen) atoms. The van der Waals surface area contributed by atoms with E-state index in [1.807, 2.05) is 0 Å². The van der Waals surface area contributed by atoms with Gasteiger partial charge in [0.1, 0.15) is 6.29 Å². The van der Waals surface area contributed by atoms with Crippen LogP contribution in [0.15, 0.2) is 0 Å². The Morgan fingerprint density at radius 2 is 2.14 bits per heavy atom. The Morgan fingerprint density at radius 3 is 2.71 bits per heavy atom. The van der Waals surface area contributed by atoms with Gasteiger partial charge in [0.15, 0.2) is 0 Å². The minimum atomic E-state index is -0.682. The first-order valence-electron chi connectivity index (χ1n) is 5.19. The van der Waals surface area contributed by atoms with Crippen LogP contribution in [-0.4, -0.2) is 24.8 Å². The SMILES string of the molecule is CCCCCCNC(=O)C(N)CC=O. The van der Waals surface area contributed by atoms with E-state index in [4.69, 9.17) is 5.73 Å². The Bertz CT molecular complexity index is 172. The molecule has 0 saturated carbocycles.